The van der Waals surface area contributed by atoms with Gasteiger partial charge in [0.25, 0.3) is 5.88 Å². The van der Waals surface area contributed by atoms with E-state index < -0.39 is 35.7 Å². The third-order valence-electron chi connectivity index (χ3n) is 2.68. The minimum Gasteiger partial charge on any atom is -0.437 e. The van der Waals surface area contributed by atoms with Gasteiger partial charge in [0, 0.05) is 5.56 Å². The summed E-state index contributed by atoms with van der Waals surface area (Å²) in [5, 5.41) is 7.05. The van der Waals surface area contributed by atoms with Crippen LogP contribution >= 0.6 is 0 Å². The van der Waals surface area contributed by atoms with Gasteiger partial charge in [-0.05, 0) is 18.2 Å². The molecule has 128 valence electrons. The molecule has 0 aliphatic carbocycles. The molecule has 1 aromatic heterocycles. The first-order valence-electron chi connectivity index (χ1n) is 6.33. The molecule has 0 radical (unpaired) electrons. The first kappa shape index (κ1) is 17.1. The molecule has 0 spiro atoms. The standard InChI is InChI=1S/C13H11F2N3O6/c1-21-12(19)23-10-11(24-13(20)22-2)18(17-16-10)6-7-5-8(14)3-4-9(7)15/h3-5H,6H2,1-2H3. The van der Waals surface area contributed by atoms with Crippen molar-refractivity contribution >= 4 is 12.3 Å². The smallest absolute Gasteiger partial charge is 0.437 e. The van der Waals surface area contributed by atoms with E-state index in [1.165, 1.54) is 0 Å². The van der Waals surface area contributed by atoms with E-state index in [1.54, 1.807) is 0 Å². The number of ether oxygens (including phenoxy) is 4. The molecule has 1 heterocycles. The Hall–Kier alpha value is -3.24. The molecular formula is C13H11F2N3O6. The van der Waals surface area contributed by atoms with Crippen LogP contribution in [0, 0.1) is 11.6 Å². The normalized spacial score (nSPS) is 10.2. The minimum absolute atomic E-state index is 0.0979. The second-order valence-electron chi connectivity index (χ2n) is 4.21. The highest BCUT2D eigenvalue weighted by atomic mass is 19.1. The van der Waals surface area contributed by atoms with Crippen molar-refractivity contribution in [2.24, 2.45) is 0 Å². The molecule has 2 rings (SSSR count). The Balaban J connectivity index is 2.35. The third kappa shape index (κ3) is 3.94. The lowest BCUT2D eigenvalue weighted by molar-refractivity contribution is 0.107. The van der Waals surface area contributed by atoms with Crippen molar-refractivity contribution in [2.75, 3.05) is 14.2 Å². The number of nitrogens with zero attached hydrogens (tertiary/aromatic N) is 3. The summed E-state index contributed by atoms with van der Waals surface area (Å²) >= 11 is 0. The van der Waals surface area contributed by atoms with Crippen molar-refractivity contribution in [3.8, 4) is 11.8 Å². The lowest BCUT2D eigenvalue weighted by Crippen LogP contribution is -2.15. The summed E-state index contributed by atoms with van der Waals surface area (Å²) in [6, 6.07) is 2.80. The summed E-state index contributed by atoms with van der Waals surface area (Å²) in [6.45, 7) is -0.354. The monoisotopic (exact) mass is 343 g/mol. The van der Waals surface area contributed by atoms with Crippen LogP contribution in [0.1, 0.15) is 5.56 Å². The van der Waals surface area contributed by atoms with Crippen LogP contribution in [0.2, 0.25) is 0 Å². The predicted octanol–water partition coefficient (Wildman–Crippen LogP) is 1.90. The first-order valence-corrected chi connectivity index (χ1v) is 6.33. The van der Waals surface area contributed by atoms with Gasteiger partial charge in [-0.15, -0.1) is 0 Å². The molecule has 0 fully saturated rings. The number of rotatable bonds is 4. The Labute approximate surface area is 133 Å². The highest BCUT2D eigenvalue weighted by Crippen LogP contribution is 2.26. The molecule has 0 amide bonds. The zero-order valence-electron chi connectivity index (χ0n) is 12.5. The summed E-state index contributed by atoms with van der Waals surface area (Å²) in [6.07, 6.45) is -2.30. The van der Waals surface area contributed by atoms with Gasteiger partial charge in [-0.1, -0.05) is 10.3 Å². The highest BCUT2D eigenvalue weighted by Gasteiger charge is 2.23. The van der Waals surface area contributed by atoms with E-state index in [9.17, 15) is 18.4 Å². The van der Waals surface area contributed by atoms with Gasteiger partial charge < -0.3 is 18.9 Å². The average Bonchev–Trinajstić information content (AvgIpc) is 2.92. The van der Waals surface area contributed by atoms with Gasteiger partial charge in [0.05, 0.1) is 20.8 Å². The zero-order chi connectivity index (χ0) is 17.7. The van der Waals surface area contributed by atoms with Crippen LogP contribution in [0.5, 0.6) is 11.8 Å². The van der Waals surface area contributed by atoms with Gasteiger partial charge in [0.15, 0.2) is 0 Å². The van der Waals surface area contributed by atoms with E-state index in [-0.39, 0.29) is 12.1 Å². The SMILES string of the molecule is COC(=O)Oc1nnn(Cc2cc(F)ccc2F)c1OC(=O)OC. The summed E-state index contributed by atoms with van der Waals surface area (Å²) in [7, 11) is 2.10. The molecule has 0 aliphatic rings. The maximum Gasteiger partial charge on any atom is 0.515 e. The second kappa shape index (κ2) is 7.35. The number of methoxy groups -OCH3 is 2. The summed E-state index contributed by atoms with van der Waals surface area (Å²) in [5.41, 5.74) is -0.0979. The van der Waals surface area contributed by atoms with Gasteiger partial charge in [-0.2, -0.15) is 0 Å². The Morgan fingerprint density at radius 2 is 1.79 bits per heavy atom. The van der Waals surface area contributed by atoms with E-state index in [1.807, 2.05) is 0 Å². The zero-order valence-corrected chi connectivity index (χ0v) is 12.5. The molecule has 11 heteroatoms. The van der Waals surface area contributed by atoms with Crippen LogP contribution < -0.4 is 9.47 Å². The van der Waals surface area contributed by atoms with Crippen molar-refractivity contribution in [3.63, 3.8) is 0 Å². The van der Waals surface area contributed by atoms with E-state index in [2.05, 4.69) is 24.5 Å². The molecular weight excluding hydrogens is 332 g/mol. The molecule has 0 saturated carbocycles. The molecule has 0 bridgehead atoms. The van der Waals surface area contributed by atoms with Crippen molar-refractivity contribution < 1.29 is 37.3 Å². The largest absolute Gasteiger partial charge is 0.515 e. The number of benzene rings is 1. The number of hydrogen-bond donors (Lipinski definition) is 0. The Morgan fingerprint density at radius 3 is 2.46 bits per heavy atom. The third-order valence-corrected chi connectivity index (χ3v) is 2.68. The average molecular weight is 343 g/mol. The number of aromatic nitrogens is 3. The van der Waals surface area contributed by atoms with Crippen LogP contribution in [0.15, 0.2) is 18.2 Å². The fourth-order valence-corrected chi connectivity index (χ4v) is 1.62. The van der Waals surface area contributed by atoms with E-state index in [0.717, 1.165) is 37.1 Å². The molecule has 24 heavy (non-hydrogen) atoms. The van der Waals surface area contributed by atoms with Crippen molar-refractivity contribution in [3.05, 3.63) is 35.4 Å². The maximum absolute atomic E-state index is 13.7. The number of carbonyl (C=O) groups excluding carboxylic acids is 2. The molecule has 1 aromatic carbocycles. The van der Waals surface area contributed by atoms with Gasteiger partial charge in [0.1, 0.15) is 11.6 Å². The number of halogens is 2. The quantitative estimate of drug-likeness (QED) is 0.776. The van der Waals surface area contributed by atoms with Crippen LogP contribution in [0.3, 0.4) is 0 Å². The van der Waals surface area contributed by atoms with E-state index >= 15 is 0 Å². The van der Waals surface area contributed by atoms with Crippen molar-refractivity contribution in [1.29, 1.82) is 0 Å². The molecule has 0 saturated heterocycles. The topological polar surface area (TPSA) is 102 Å². The Morgan fingerprint density at radius 1 is 1.12 bits per heavy atom. The summed E-state index contributed by atoms with van der Waals surface area (Å²) in [5.74, 6) is -2.35. The lowest BCUT2D eigenvalue weighted by atomic mass is 10.2. The molecule has 2 aromatic rings. The van der Waals surface area contributed by atoms with E-state index in [4.69, 9.17) is 4.74 Å². The lowest BCUT2D eigenvalue weighted by Gasteiger charge is -2.08. The fourth-order valence-electron chi connectivity index (χ4n) is 1.62. The van der Waals surface area contributed by atoms with Gasteiger partial charge >= 0.3 is 18.2 Å². The molecule has 0 N–H and O–H groups in total. The Kier molecular flexibility index (Phi) is 5.24. The van der Waals surface area contributed by atoms with E-state index in [0.29, 0.717) is 0 Å². The predicted molar refractivity (Wildman–Crippen MR) is 71.5 cm³/mol. The van der Waals surface area contributed by atoms with Gasteiger partial charge in [-0.25, -0.2) is 23.1 Å². The molecule has 0 aliphatic heterocycles. The van der Waals surface area contributed by atoms with Gasteiger partial charge in [-0.3, -0.25) is 0 Å². The molecule has 9 nitrogen and oxygen atoms in total. The van der Waals surface area contributed by atoms with Crippen LogP contribution in [-0.4, -0.2) is 41.5 Å². The number of hydrogen-bond acceptors (Lipinski definition) is 8. The molecule has 0 atom stereocenters. The van der Waals surface area contributed by atoms with Gasteiger partial charge in [0.2, 0.25) is 0 Å². The minimum atomic E-state index is -1.16. The fraction of sp³-hybridized carbons (Fsp3) is 0.231. The molecule has 0 unspecified atom stereocenters. The number of carbonyl (C=O) groups is 2. The Bertz CT molecular complexity index is 764. The summed E-state index contributed by atoms with van der Waals surface area (Å²) in [4.78, 5) is 22.4. The highest BCUT2D eigenvalue weighted by molar-refractivity contribution is 5.66. The maximum atomic E-state index is 13.7. The second-order valence-corrected chi connectivity index (χ2v) is 4.21. The van der Waals surface area contributed by atoms with Crippen LogP contribution in [0.25, 0.3) is 0 Å². The van der Waals surface area contributed by atoms with Crippen LogP contribution in [0.4, 0.5) is 18.4 Å². The van der Waals surface area contributed by atoms with Crippen molar-refractivity contribution in [2.45, 2.75) is 6.54 Å². The first-order chi connectivity index (χ1) is 11.4. The summed E-state index contributed by atoms with van der Waals surface area (Å²) < 4.78 is 45.9. The van der Waals surface area contributed by atoms with Crippen LogP contribution in [-0.2, 0) is 16.0 Å². The van der Waals surface area contributed by atoms with Crippen molar-refractivity contribution in [1.82, 2.24) is 15.0 Å².